The highest BCUT2D eigenvalue weighted by Crippen LogP contribution is 2.32. The van der Waals surface area contributed by atoms with E-state index >= 15 is 0 Å². The van der Waals surface area contributed by atoms with Gasteiger partial charge in [0.1, 0.15) is 16.7 Å². The molecule has 0 spiro atoms. The summed E-state index contributed by atoms with van der Waals surface area (Å²) in [6.07, 6.45) is 0. The monoisotopic (exact) mass is 310 g/mol. The average molecular weight is 310 g/mol. The highest BCUT2D eigenvalue weighted by Gasteiger charge is 2.18. The van der Waals surface area contributed by atoms with Gasteiger partial charge in [-0.25, -0.2) is 8.78 Å². The fraction of sp³-hybridized carbons (Fsp3) is 0.154. The maximum Gasteiger partial charge on any atom is 0.173 e. The summed E-state index contributed by atoms with van der Waals surface area (Å²) in [5.41, 5.74) is 7.30. The lowest BCUT2D eigenvalue weighted by molar-refractivity contribution is 0.318. The molecule has 5 nitrogen and oxygen atoms in total. The van der Waals surface area contributed by atoms with Crippen LogP contribution in [0.5, 0.6) is 0 Å². The first-order valence-corrected chi connectivity index (χ1v) is 6.70. The van der Waals surface area contributed by atoms with Crippen molar-refractivity contribution in [3.8, 4) is 0 Å². The molecule has 0 bridgehead atoms. The molecule has 1 aromatic heterocycles. The van der Waals surface area contributed by atoms with E-state index in [1.165, 1.54) is 6.07 Å². The first-order chi connectivity index (χ1) is 9.93. The van der Waals surface area contributed by atoms with Gasteiger partial charge in [0.05, 0.1) is 11.3 Å². The van der Waals surface area contributed by atoms with Crippen molar-refractivity contribution in [1.82, 2.24) is 10.2 Å². The normalized spacial score (nSPS) is 11.7. The SMILES string of the molecule is Cc1nnc(Sc2ccc(F)cc2F)c(/C(N)=N/O)c1C. The number of hydrogen-bond donors (Lipinski definition) is 2. The zero-order valence-electron chi connectivity index (χ0n) is 11.3. The maximum atomic E-state index is 13.7. The minimum atomic E-state index is -0.717. The molecule has 2 rings (SSSR count). The molecule has 0 aliphatic rings. The molecular formula is C13H12F2N4OS. The van der Waals surface area contributed by atoms with Crippen molar-refractivity contribution >= 4 is 17.6 Å². The van der Waals surface area contributed by atoms with Crippen molar-refractivity contribution in [2.24, 2.45) is 10.9 Å². The second kappa shape index (κ2) is 6.04. The van der Waals surface area contributed by atoms with Gasteiger partial charge in [-0.05, 0) is 31.5 Å². The van der Waals surface area contributed by atoms with Gasteiger partial charge in [-0.1, -0.05) is 16.9 Å². The van der Waals surface area contributed by atoms with Crippen LogP contribution in [-0.4, -0.2) is 21.2 Å². The Bertz CT molecular complexity index is 722. The second-order valence-corrected chi connectivity index (χ2v) is 5.28. The van der Waals surface area contributed by atoms with Crippen molar-refractivity contribution in [1.29, 1.82) is 0 Å². The fourth-order valence-corrected chi connectivity index (χ4v) is 2.61. The lowest BCUT2D eigenvalue weighted by atomic mass is 10.1. The van der Waals surface area contributed by atoms with Crippen LogP contribution in [0, 0.1) is 25.5 Å². The van der Waals surface area contributed by atoms with E-state index in [9.17, 15) is 8.78 Å². The Labute approximate surface area is 123 Å². The predicted molar refractivity (Wildman–Crippen MR) is 74.5 cm³/mol. The lowest BCUT2D eigenvalue weighted by Crippen LogP contribution is -2.18. The summed E-state index contributed by atoms with van der Waals surface area (Å²) < 4.78 is 26.6. The number of halogens is 2. The van der Waals surface area contributed by atoms with E-state index in [0.29, 0.717) is 16.8 Å². The van der Waals surface area contributed by atoms with Gasteiger partial charge in [-0.15, -0.1) is 5.10 Å². The third kappa shape index (κ3) is 3.10. The van der Waals surface area contributed by atoms with Crippen molar-refractivity contribution in [3.05, 3.63) is 46.7 Å². The fourth-order valence-electron chi connectivity index (χ4n) is 1.67. The van der Waals surface area contributed by atoms with E-state index in [1.807, 2.05) is 0 Å². The van der Waals surface area contributed by atoms with Crippen LogP contribution in [0.1, 0.15) is 16.8 Å². The second-order valence-electron chi connectivity index (χ2n) is 4.25. The molecule has 110 valence electrons. The van der Waals surface area contributed by atoms with Crippen LogP contribution in [0.3, 0.4) is 0 Å². The number of nitrogens with two attached hydrogens (primary N) is 1. The van der Waals surface area contributed by atoms with E-state index in [4.69, 9.17) is 10.9 Å². The summed E-state index contributed by atoms with van der Waals surface area (Å²) >= 11 is 0.929. The van der Waals surface area contributed by atoms with Crippen LogP contribution in [0.25, 0.3) is 0 Å². The van der Waals surface area contributed by atoms with Crippen molar-refractivity contribution < 1.29 is 14.0 Å². The highest BCUT2D eigenvalue weighted by atomic mass is 32.2. The topological polar surface area (TPSA) is 84.4 Å². The molecule has 1 aromatic carbocycles. The number of aryl methyl sites for hydroxylation is 1. The molecule has 0 amide bonds. The Hall–Kier alpha value is -2.22. The molecule has 8 heteroatoms. The Morgan fingerprint density at radius 3 is 2.62 bits per heavy atom. The Kier molecular flexibility index (Phi) is 4.37. The molecule has 3 N–H and O–H groups in total. The van der Waals surface area contributed by atoms with E-state index < -0.39 is 11.6 Å². The molecule has 0 fully saturated rings. The van der Waals surface area contributed by atoms with Crippen LogP contribution in [0.4, 0.5) is 8.78 Å². The van der Waals surface area contributed by atoms with Crippen molar-refractivity contribution in [3.63, 3.8) is 0 Å². The molecule has 0 saturated heterocycles. The summed E-state index contributed by atoms with van der Waals surface area (Å²) in [6, 6.07) is 3.21. The van der Waals surface area contributed by atoms with E-state index in [2.05, 4.69) is 15.4 Å². The van der Waals surface area contributed by atoms with Crippen molar-refractivity contribution in [2.45, 2.75) is 23.8 Å². The molecule has 1 heterocycles. The molecule has 0 saturated carbocycles. The summed E-state index contributed by atoms with van der Waals surface area (Å²) in [5, 5.41) is 20.0. The van der Waals surface area contributed by atoms with Crippen LogP contribution in [0.15, 0.2) is 33.3 Å². The zero-order valence-corrected chi connectivity index (χ0v) is 12.1. The summed E-state index contributed by atoms with van der Waals surface area (Å²) in [5.74, 6) is -1.53. The number of benzene rings is 1. The number of oxime groups is 1. The Morgan fingerprint density at radius 1 is 1.29 bits per heavy atom. The Balaban J connectivity index is 2.52. The summed E-state index contributed by atoms with van der Waals surface area (Å²) in [7, 11) is 0. The summed E-state index contributed by atoms with van der Waals surface area (Å²) in [4.78, 5) is 0.168. The third-order valence-electron chi connectivity index (χ3n) is 2.89. The molecule has 0 aliphatic heterocycles. The van der Waals surface area contributed by atoms with Crippen LogP contribution in [0.2, 0.25) is 0 Å². The number of nitrogens with zero attached hydrogens (tertiary/aromatic N) is 3. The van der Waals surface area contributed by atoms with Crippen LogP contribution in [-0.2, 0) is 0 Å². The van der Waals surface area contributed by atoms with Gasteiger partial charge < -0.3 is 10.9 Å². The average Bonchev–Trinajstić information content (AvgIpc) is 2.45. The predicted octanol–water partition coefficient (Wildman–Crippen LogP) is 2.62. The Morgan fingerprint density at radius 2 is 2.00 bits per heavy atom. The molecular weight excluding hydrogens is 298 g/mol. The molecule has 21 heavy (non-hydrogen) atoms. The van der Waals surface area contributed by atoms with Gasteiger partial charge in [-0.3, -0.25) is 0 Å². The summed E-state index contributed by atoms with van der Waals surface area (Å²) in [6.45, 7) is 3.46. The van der Waals surface area contributed by atoms with Gasteiger partial charge >= 0.3 is 0 Å². The quantitative estimate of drug-likeness (QED) is 0.394. The van der Waals surface area contributed by atoms with Crippen molar-refractivity contribution in [2.75, 3.05) is 0 Å². The first-order valence-electron chi connectivity index (χ1n) is 5.88. The number of hydrogen-bond acceptors (Lipinski definition) is 5. The van der Waals surface area contributed by atoms with Gasteiger partial charge in [0.15, 0.2) is 5.84 Å². The van der Waals surface area contributed by atoms with Gasteiger partial charge in [0, 0.05) is 11.0 Å². The maximum absolute atomic E-state index is 13.7. The largest absolute Gasteiger partial charge is 0.409 e. The molecule has 0 aliphatic carbocycles. The first kappa shape index (κ1) is 15.2. The number of rotatable bonds is 3. The van der Waals surface area contributed by atoms with E-state index in [0.717, 1.165) is 23.9 Å². The smallest absolute Gasteiger partial charge is 0.173 e. The number of amidine groups is 1. The molecule has 0 unspecified atom stereocenters. The number of aromatic nitrogens is 2. The minimum absolute atomic E-state index is 0.143. The zero-order chi connectivity index (χ0) is 15.6. The standard InChI is InChI=1S/C13H12F2N4OS/c1-6-7(2)17-18-13(11(6)12(16)19-20)21-10-4-3-8(14)5-9(10)15/h3-5,20H,1-2H3,(H2,16,19). The van der Waals surface area contributed by atoms with E-state index in [-0.39, 0.29) is 15.8 Å². The molecule has 0 atom stereocenters. The molecule has 2 aromatic rings. The van der Waals surface area contributed by atoms with Gasteiger partial charge in [0.25, 0.3) is 0 Å². The lowest BCUT2D eigenvalue weighted by Gasteiger charge is -2.11. The van der Waals surface area contributed by atoms with Crippen LogP contribution < -0.4 is 5.73 Å². The van der Waals surface area contributed by atoms with Crippen LogP contribution >= 0.6 is 11.8 Å². The van der Waals surface area contributed by atoms with Gasteiger partial charge in [-0.2, -0.15) is 5.10 Å². The van der Waals surface area contributed by atoms with Gasteiger partial charge in [0.2, 0.25) is 0 Å². The molecule has 0 radical (unpaired) electrons. The third-order valence-corrected chi connectivity index (χ3v) is 3.92. The van der Waals surface area contributed by atoms with E-state index in [1.54, 1.807) is 13.8 Å². The highest BCUT2D eigenvalue weighted by molar-refractivity contribution is 7.99. The minimum Gasteiger partial charge on any atom is -0.409 e.